The topological polar surface area (TPSA) is 0 Å². The lowest BCUT2D eigenvalue weighted by Gasteiger charge is -2.00. The van der Waals surface area contributed by atoms with Crippen molar-refractivity contribution in [3.63, 3.8) is 0 Å². The van der Waals surface area contributed by atoms with Gasteiger partial charge in [0.15, 0.2) is 0 Å². The molecule has 0 aromatic carbocycles. The molecule has 0 bridgehead atoms. The summed E-state index contributed by atoms with van der Waals surface area (Å²) in [6, 6.07) is 0. The van der Waals surface area contributed by atoms with Gasteiger partial charge in [-0.05, 0) is 19.3 Å². The highest BCUT2D eigenvalue weighted by Gasteiger charge is 1.89. The third-order valence-corrected chi connectivity index (χ3v) is 1.49. The van der Waals surface area contributed by atoms with Crippen molar-refractivity contribution in [1.82, 2.24) is 0 Å². The van der Waals surface area contributed by atoms with Crippen molar-refractivity contribution in [3.05, 3.63) is 12.2 Å². The molecule has 0 aromatic rings. The van der Waals surface area contributed by atoms with Crippen molar-refractivity contribution in [2.45, 2.75) is 46.0 Å². The third-order valence-electron chi connectivity index (χ3n) is 1.49. The summed E-state index contributed by atoms with van der Waals surface area (Å²) in [5.41, 5.74) is 1.43. The van der Waals surface area contributed by atoms with E-state index in [-0.39, 0.29) is 0 Å². The highest BCUT2D eigenvalue weighted by molar-refractivity contribution is 4.92. The van der Waals surface area contributed by atoms with Crippen LogP contribution >= 0.6 is 0 Å². The first-order valence-electron chi connectivity index (χ1n) is 3.97. The zero-order valence-electron chi connectivity index (χ0n) is 6.74. The van der Waals surface area contributed by atoms with Crippen molar-refractivity contribution >= 4 is 0 Å². The zero-order chi connectivity index (χ0) is 7.11. The molecule has 9 heavy (non-hydrogen) atoms. The van der Waals surface area contributed by atoms with Gasteiger partial charge in [-0.2, -0.15) is 0 Å². The molecule has 0 aliphatic heterocycles. The molecule has 0 spiro atoms. The first-order chi connectivity index (χ1) is 4.31. The van der Waals surface area contributed by atoms with E-state index in [0.29, 0.717) is 0 Å². The molecule has 54 valence electrons. The minimum Gasteiger partial charge on any atom is -0.0999 e. The van der Waals surface area contributed by atoms with Gasteiger partial charge in [0.25, 0.3) is 0 Å². The molecular formula is C9H18. The standard InChI is InChI=1S/C9H18/c1-4-6-8-9(3)7-5-2/h3-8H2,1-2H3. The predicted octanol–water partition coefficient (Wildman–Crippen LogP) is 3.53. The van der Waals surface area contributed by atoms with Crippen molar-refractivity contribution in [3.8, 4) is 0 Å². The highest BCUT2D eigenvalue weighted by atomic mass is 14.0. The summed E-state index contributed by atoms with van der Waals surface area (Å²) in [7, 11) is 0. The molecule has 0 heterocycles. The van der Waals surface area contributed by atoms with E-state index in [4.69, 9.17) is 0 Å². The molecule has 0 fully saturated rings. The number of rotatable bonds is 5. The third kappa shape index (κ3) is 5.61. The molecule has 0 atom stereocenters. The second-order valence-corrected chi connectivity index (χ2v) is 2.60. The summed E-state index contributed by atoms with van der Waals surface area (Å²) in [4.78, 5) is 0. The Kier molecular flexibility index (Phi) is 5.70. The van der Waals surface area contributed by atoms with Gasteiger partial charge in [-0.25, -0.2) is 0 Å². The van der Waals surface area contributed by atoms with Gasteiger partial charge < -0.3 is 0 Å². The van der Waals surface area contributed by atoms with E-state index in [1.807, 2.05) is 0 Å². The first kappa shape index (κ1) is 8.74. The maximum atomic E-state index is 3.98. The first-order valence-corrected chi connectivity index (χ1v) is 3.97. The Hall–Kier alpha value is -0.260. The van der Waals surface area contributed by atoms with Crippen LogP contribution < -0.4 is 0 Å². The van der Waals surface area contributed by atoms with Crippen molar-refractivity contribution in [2.24, 2.45) is 0 Å². The van der Waals surface area contributed by atoms with E-state index >= 15 is 0 Å². The van der Waals surface area contributed by atoms with Crippen LogP contribution in [0.25, 0.3) is 0 Å². The summed E-state index contributed by atoms with van der Waals surface area (Å²) in [5, 5.41) is 0. The summed E-state index contributed by atoms with van der Waals surface area (Å²) >= 11 is 0. The van der Waals surface area contributed by atoms with Gasteiger partial charge in [0, 0.05) is 0 Å². The lowest BCUT2D eigenvalue weighted by atomic mass is 10.1. The van der Waals surface area contributed by atoms with Crippen LogP contribution in [0.3, 0.4) is 0 Å². The molecule has 0 nitrogen and oxygen atoms in total. The Balaban J connectivity index is 3.06. The van der Waals surface area contributed by atoms with Crippen LogP contribution in [0, 0.1) is 0 Å². The molecule has 0 radical (unpaired) electrons. The van der Waals surface area contributed by atoms with Crippen LogP contribution in [0.15, 0.2) is 12.2 Å². The van der Waals surface area contributed by atoms with Gasteiger partial charge in [0.2, 0.25) is 0 Å². The maximum Gasteiger partial charge on any atom is -0.0323 e. The average molecular weight is 126 g/mol. The smallest absolute Gasteiger partial charge is 0.0323 e. The summed E-state index contributed by atoms with van der Waals surface area (Å²) in [5.74, 6) is 0. The molecule has 0 rings (SSSR count). The Morgan fingerprint density at radius 3 is 2.22 bits per heavy atom. The van der Waals surface area contributed by atoms with E-state index in [1.54, 1.807) is 0 Å². The molecule has 0 aromatic heterocycles. The maximum absolute atomic E-state index is 3.98. The Morgan fingerprint density at radius 1 is 1.11 bits per heavy atom. The number of allylic oxidation sites excluding steroid dienone is 1. The fourth-order valence-electron chi connectivity index (χ4n) is 0.905. The van der Waals surface area contributed by atoms with Crippen molar-refractivity contribution in [1.29, 1.82) is 0 Å². The van der Waals surface area contributed by atoms with Gasteiger partial charge in [0.1, 0.15) is 0 Å². The fraction of sp³-hybridized carbons (Fsp3) is 0.778. The minimum absolute atomic E-state index is 1.22. The van der Waals surface area contributed by atoms with E-state index in [1.165, 1.54) is 37.7 Å². The molecule has 0 saturated heterocycles. The zero-order valence-corrected chi connectivity index (χ0v) is 6.74. The monoisotopic (exact) mass is 126 g/mol. The van der Waals surface area contributed by atoms with Gasteiger partial charge >= 0.3 is 0 Å². The van der Waals surface area contributed by atoms with E-state index in [2.05, 4.69) is 20.4 Å². The van der Waals surface area contributed by atoms with Crippen LogP contribution in [-0.4, -0.2) is 0 Å². The molecule has 0 aliphatic rings. The Bertz CT molecular complexity index is 72.1. The lowest BCUT2D eigenvalue weighted by Crippen LogP contribution is -1.79. The quantitative estimate of drug-likeness (QED) is 0.494. The number of hydrogen-bond acceptors (Lipinski definition) is 0. The Labute approximate surface area is 59.0 Å². The van der Waals surface area contributed by atoms with Crippen LogP contribution in [0.1, 0.15) is 46.0 Å². The number of unbranched alkanes of at least 4 members (excludes halogenated alkanes) is 1. The fourth-order valence-corrected chi connectivity index (χ4v) is 0.905. The van der Waals surface area contributed by atoms with Crippen molar-refractivity contribution < 1.29 is 0 Å². The molecule has 0 N–H and O–H groups in total. The molecule has 0 unspecified atom stereocenters. The van der Waals surface area contributed by atoms with E-state index in [0.717, 1.165) is 0 Å². The second-order valence-electron chi connectivity index (χ2n) is 2.60. The Morgan fingerprint density at radius 2 is 1.78 bits per heavy atom. The van der Waals surface area contributed by atoms with E-state index in [9.17, 15) is 0 Å². The highest BCUT2D eigenvalue weighted by Crippen LogP contribution is 2.09. The molecule has 0 saturated carbocycles. The van der Waals surface area contributed by atoms with Crippen LogP contribution in [0.2, 0.25) is 0 Å². The molecular weight excluding hydrogens is 108 g/mol. The normalized spacial score (nSPS) is 9.56. The summed E-state index contributed by atoms with van der Waals surface area (Å²) in [6.45, 7) is 8.41. The van der Waals surface area contributed by atoms with Gasteiger partial charge in [0.05, 0.1) is 0 Å². The number of hydrogen-bond donors (Lipinski definition) is 0. The largest absolute Gasteiger partial charge is 0.0999 e. The lowest BCUT2D eigenvalue weighted by molar-refractivity contribution is 0.746. The van der Waals surface area contributed by atoms with Crippen molar-refractivity contribution in [2.75, 3.05) is 0 Å². The SMILES string of the molecule is C=C(CCC)CCCC. The summed E-state index contributed by atoms with van der Waals surface area (Å²) < 4.78 is 0. The predicted molar refractivity (Wildman–Crippen MR) is 43.6 cm³/mol. The molecule has 0 aliphatic carbocycles. The van der Waals surface area contributed by atoms with Crippen LogP contribution in [-0.2, 0) is 0 Å². The van der Waals surface area contributed by atoms with Crippen LogP contribution in [0.5, 0.6) is 0 Å². The molecule has 0 amide bonds. The molecule has 0 heteroatoms. The second kappa shape index (κ2) is 5.87. The van der Waals surface area contributed by atoms with Crippen LogP contribution in [0.4, 0.5) is 0 Å². The minimum atomic E-state index is 1.22. The average Bonchev–Trinajstić information content (AvgIpc) is 1.85. The van der Waals surface area contributed by atoms with Gasteiger partial charge in [-0.1, -0.05) is 38.8 Å². The summed E-state index contributed by atoms with van der Waals surface area (Å²) in [6.07, 6.45) is 6.33. The van der Waals surface area contributed by atoms with Gasteiger partial charge in [-0.3, -0.25) is 0 Å². The van der Waals surface area contributed by atoms with Gasteiger partial charge in [-0.15, -0.1) is 0 Å². The van der Waals surface area contributed by atoms with E-state index < -0.39 is 0 Å².